The van der Waals surface area contributed by atoms with E-state index in [1.807, 2.05) is 0 Å². The van der Waals surface area contributed by atoms with Gasteiger partial charge in [0.1, 0.15) is 5.58 Å². The minimum Gasteiger partial charge on any atom is -0.423 e. The summed E-state index contributed by atoms with van der Waals surface area (Å²) in [6.07, 6.45) is 0. The number of hydrogen-bond acceptors (Lipinski definition) is 3. The first-order valence-electron chi connectivity index (χ1n) is 3.66. The van der Waals surface area contributed by atoms with Crippen molar-refractivity contribution in [2.45, 2.75) is 0 Å². The molecule has 3 nitrogen and oxygen atoms in total. The molecule has 0 aliphatic rings. The summed E-state index contributed by atoms with van der Waals surface area (Å²) < 4.78 is 5.87. The summed E-state index contributed by atoms with van der Waals surface area (Å²) >= 11 is 2.10. The second kappa shape index (κ2) is 3.02. The highest BCUT2D eigenvalue weighted by atomic mass is 127. The molecule has 13 heavy (non-hydrogen) atoms. The fourth-order valence-electron chi connectivity index (χ4n) is 1.11. The topological polar surface area (TPSA) is 56.2 Å². The lowest BCUT2D eigenvalue weighted by Gasteiger charge is -1.99. The van der Waals surface area contributed by atoms with E-state index in [1.54, 1.807) is 18.2 Å². The van der Waals surface area contributed by atoms with Gasteiger partial charge in [0.2, 0.25) is 0 Å². The molecule has 0 bridgehead atoms. The molecule has 2 rings (SSSR count). The van der Waals surface area contributed by atoms with Crippen LogP contribution in [0.25, 0.3) is 11.0 Å². The first-order chi connectivity index (χ1) is 6.16. The molecule has 0 atom stereocenters. The van der Waals surface area contributed by atoms with Gasteiger partial charge in [0.15, 0.2) is 0 Å². The number of anilines is 1. The van der Waals surface area contributed by atoms with Crippen molar-refractivity contribution in [1.82, 2.24) is 0 Å². The van der Waals surface area contributed by atoms with Crippen molar-refractivity contribution >= 4 is 39.2 Å². The SMILES string of the molecule is Nc1cc2ccc(=O)oc2cc1I. The van der Waals surface area contributed by atoms with Crippen LogP contribution < -0.4 is 11.4 Å². The monoisotopic (exact) mass is 287 g/mol. The Morgan fingerprint density at radius 2 is 2.08 bits per heavy atom. The van der Waals surface area contributed by atoms with Crippen molar-refractivity contribution in [3.05, 3.63) is 38.3 Å². The number of nitrogen functional groups attached to an aromatic ring is 1. The molecule has 4 heteroatoms. The lowest BCUT2D eigenvalue weighted by Crippen LogP contribution is -1.96. The van der Waals surface area contributed by atoms with Crippen LogP contribution in [-0.4, -0.2) is 0 Å². The van der Waals surface area contributed by atoms with E-state index in [4.69, 9.17) is 10.2 Å². The van der Waals surface area contributed by atoms with Gasteiger partial charge in [-0.25, -0.2) is 4.79 Å². The van der Waals surface area contributed by atoms with E-state index in [0.717, 1.165) is 8.96 Å². The number of nitrogens with two attached hydrogens (primary N) is 1. The van der Waals surface area contributed by atoms with Gasteiger partial charge in [0.25, 0.3) is 0 Å². The standard InChI is InChI=1S/C9H6INO2/c10-6-4-8-5(3-7(6)11)1-2-9(12)13-8/h1-4H,11H2. The molecular formula is C9H6INO2. The summed E-state index contributed by atoms with van der Waals surface area (Å²) in [6.45, 7) is 0. The zero-order valence-electron chi connectivity index (χ0n) is 6.58. The van der Waals surface area contributed by atoms with Crippen molar-refractivity contribution < 1.29 is 4.42 Å². The number of halogens is 1. The Balaban J connectivity index is 2.89. The maximum atomic E-state index is 10.9. The molecule has 0 unspecified atom stereocenters. The lowest BCUT2D eigenvalue weighted by molar-refractivity contribution is 0.561. The second-order valence-electron chi connectivity index (χ2n) is 2.67. The first-order valence-corrected chi connectivity index (χ1v) is 4.73. The highest BCUT2D eigenvalue weighted by Gasteiger charge is 2.01. The maximum absolute atomic E-state index is 10.9. The predicted octanol–water partition coefficient (Wildman–Crippen LogP) is 1.98. The zero-order valence-corrected chi connectivity index (χ0v) is 8.74. The molecule has 1 aromatic heterocycles. The molecule has 66 valence electrons. The van der Waals surface area contributed by atoms with Crippen LogP contribution in [0.15, 0.2) is 33.5 Å². The summed E-state index contributed by atoms with van der Waals surface area (Å²) in [5.41, 5.74) is 6.63. The van der Waals surface area contributed by atoms with Crippen molar-refractivity contribution in [1.29, 1.82) is 0 Å². The molecule has 2 aromatic rings. The molecule has 0 radical (unpaired) electrons. The van der Waals surface area contributed by atoms with Crippen LogP contribution >= 0.6 is 22.6 Å². The van der Waals surface area contributed by atoms with E-state index in [-0.39, 0.29) is 5.63 Å². The van der Waals surface area contributed by atoms with Gasteiger partial charge in [-0.05, 0) is 40.8 Å². The highest BCUT2D eigenvalue weighted by Crippen LogP contribution is 2.21. The van der Waals surface area contributed by atoms with Gasteiger partial charge in [-0.2, -0.15) is 0 Å². The Kier molecular flexibility index (Phi) is 1.99. The third-order valence-corrected chi connectivity index (χ3v) is 2.67. The minimum atomic E-state index is -0.340. The van der Waals surface area contributed by atoms with Crippen molar-refractivity contribution in [2.24, 2.45) is 0 Å². The second-order valence-corrected chi connectivity index (χ2v) is 3.83. The smallest absolute Gasteiger partial charge is 0.336 e. The van der Waals surface area contributed by atoms with Crippen LogP contribution in [0.4, 0.5) is 5.69 Å². The quantitative estimate of drug-likeness (QED) is 0.458. The largest absolute Gasteiger partial charge is 0.423 e. The Bertz CT molecular complexity index is 518. The average molecular weight is 287 g/mol. The van der Waals surface area contributed by atoms with E-state index < -0.39 is 0 Å². The molecule has 2 N–H and O–H groups in total. The molecule has 0 saturated carbocycles. The Hall–Kier alpha value is -1.04. The first kappa shape index (κ1) is 8.55. The van der Waals surface area contributed by atoms with Crippen molar-refractivity contribution in [2.75, 3.05) is 5.73 Å². The number of fused-ring (bicyclic) bond motifs is 1. The van der Waals surface area contributed by atoms with Gasteiger partial charge in [0.05, 0.1) is 0 Å². The van der Waals surface area contributed by atoms with Gasteiger partial charge in [-0.1, -0.05) is 0 Å². The highest BCUT2D eigenvalue weighted by molar-refractivity contribution is 14.1. The van der Waals surface area contributed by atoms with Gasteiger partial charge in [-0.3, -0.25) is 0 Å². The fraction of sp³-hybridized carbons (Fsp3) is 0. The van der Waals surface area contributed by atoms with E-state index in [1.165, 1.54) is 6.07 Å². The normalized spacial score (nSPS) is 10.5. The molecular weight excluding hydrogens is 281 g/mol. The number of benzene rings is 1. The van der Waals surface area contributed by atoms with Gasteiger partial charge < -0.3 is 10.2 Å². The summed E-state index contributed by atoms with van der Waals surface area (Å²) in [5, 5.41) is 0.845. The molecule has 0 saturated heterocycles. The van der Waals surface area contributed by atoms with E-state index in [2.05, 4.69) is 22.6 Å². The third kappa shape index (κ3) is 1.53. The summed E-state index contributed by atoms with van der Waals surface area (Å²) in [7, 11) is 0. The van der Waals surface area contributed by atoms with Crippen LogP contribution in [0.3, 0.4) is 0 Å². The fourth-order valence-corrected chi connectivity index (χ4v) is 1.55. The van der Waals surface area contributed by atoms with E-state index in [0.29, 0.717) is 11.3 Å². The third-order valence-electron chi connectivity index (χ3n) is 1.74. The molecule has 0 aliphatic carbocycles. The van der Waals surface area contributed by atoms with E-state index in [9.17, 15) is 4.79 Å². The van der Waals surface area contributed by atoms with Gasteiger partial charge in [0, 0.05) is 20.7 Å². The zero-order chi connectivity index (χ0) is 9.42. The Morgan fingerprint density at radius 1 is 1.31 bits per heavy atom. The van der Waals surface area contributed by atoms with Crippen LogP contribution in [0.5, 0.6) is 0 Å². The maximum Gasteiger partial charge on any atom is 0.336 e. The Morgan fingerprint density at radius 3 is 2.85 bits per heavy atom. The van der Waals surface area contributed by atoms with Crippen molar-refractivity contribution in [3.63, 3.8) is 0 Å². The lowest BCUT2D eigenvalue weighted by atomic mass is 10.2. The predicted molar refractivity (Wildman–Crippen MR) is 59.6 cm³/mol. The average Bonchev–Trinajstić information content (AvgIpc) is 2.08. The van der Waals surface area contributed by atoms with Crippen LogP contribution in [-0.2, 0) is 0 Å². The van der Waals surface area contributed by atoms with Crippen LogP contribution in [0.1, 0.15) is 0 Å². The van der Waals surface area contributed by atoms with Crippen molar-refractivity contribution in [3.8, 4) is 0 Å². The Labute approximate surface area is 87.7 Å². The number of rotatable bonds is 0. The van der Waals surface area contributed by atoms with Crippen LogP contribution in [0, 0.1) is 3.57 Å². The number of hydrogen-bond donors (Lipinski definition) is 1. The molecule has 0 amide bonds. The van der Waals surface area contributed by atoms with E-state index >= 15 is 0 Å². The molecule has 0 fully saturated rings. The summed E-state index contributed by atoms with van der Waals surface area (Å²) in [6, 6.07) is 6.63. The molecule has 1 aromatic carbocycles. The molecule has 0 spiro atoms. The van der Waals surface area contributed by atoms with Gasteiger partial charge >= 0.3 is 5.63 Å². The van der Waals surface area contributed by atoms with Crippen LogP contribution in [0.2, 0.25) is 0 Å². The minimum absolute atomic E-state index is 0.340. The summed E-state index contributed by atoms with van der Waals surface area (Å²) in [5.74, 6) is 0. The molecule has 1 heterocycles. The molecule has 0 aliphatic heterocycles. The summed E-state index contributed by atoms with van der Waals surface area (Å²) in [4.78, 5) is 10.9. The van der Waals surface area contributed by atoms with Gasteiger partial charge in [-0.15, -0.1) is 0 Å².